The lowest BCUT2D eigenvalue weighted by Gasteiger charge is -2.39. The van der Waals surface area contributed by atoms with E-state index in [9.17, 15) is 4.79 Å². The zero-order valence-corrected chi connectivity index (χ0v) is 11.1. The van der Waals surface area contributed by atoms with Crippen molar-refractivity contribution in [2.24, 2.45) is 0 Å². The topological polar surface area (TPSA) is 40.5 Å². The summed E-state index contributed by atoms with van der Waals surface area (Å²) in [5, 5.41) is 9.07. The number of nitrogens with zero attached hydrogens (tertiary/aromatic N) is 1. The van der Waals surface area contributed by atoms with Crippen LogP contribution in [0.3, 0.4) is 0 Å². The third-order valence-electron chi connectivity index (χ3n) is 3.73. The van der Waals surface area contributed by atoms with Gasteiger partial charge in [0.05, 0.1) is 5.56 Å². The second-order valence-electron chi connectivity index (χ2n) is 5.27. The Bertz CT molecular complexity index is 428. The first-order valence-corrected chi connectivity index (χ1v) is 6.68. The fourth-order valence-electron chi connectivity index (χ4n) is 2.81. The summed E-state index contributed by atoms with van der Waals surface area (Å²) in [5.74, 6) is -0.844. The van der Waals surface area contributed by atoms with Crippen LogP contribution in [0, 0.1) is 0 Å². The maximum atomic E-state index is 11.0. The molecule has 0 amide bonds. The van der Waals surface area contributed by atoms with Gasteiger partial charge in [0.15, 0.2) is 0 Å². The molecule has 0 aliphatic carbocycles. The van der Waals surface area contributed by atoms with Crippen LogP contribution in [0.15, 0.2) is 24.3 Å². The van der Waals surface area contributed by atoms with E-state index in [1.165, 1.54) is 12.8 Å². The quantitative estimate of drug-likeness (QED) is 0.890. The van der Waals surface area contributed by atoms with E-state index in [1.54, 1.807) is 6.07 Å². The summed E-state index contributed by atoms with van der Waals surface area (Å²) in [6.07, 6.45) is 3.60. The van der Waals surface area contributed by atoms with Crippen LogP contribution in [0.2, 0.25) is 0 Å². The molecule has 1 aromatic carbocycles. The molecule has 1 unspecified atom stereocenters. The van der Waals surface area contributed by atoms with Gasteiger partial charge >= 0.3 is 5.97 Å². The first-order valence-electron chi connectivity index (χ1n) is 6.68. The maximum absolute atomic E-state index is 11.0. The number of aromatic carboxylic acids is 1. The minimum atomic E-state index is -0.844. The van der Waals surface area contributed by atoms with Crippen molar-refractivity contribution in [3.05, 3.63) is 35.4 Å². The van der Waals surface area contributed by atoms with E-state index in [2.05, 4.69) is 24.8 Å². The molecule has 0 spiro atoms. The first kappa shape index (κ1) is 13.1. The molecule has 1 saturated heterocycles. The van der Waals surface area contributed by atoms with Crippen LogP contribution >= 0.6 is 0 Å². The van der Waals surface area contributed by atoms with E-state index in [4.69, 9.17) is 5.11 Å². The molecule has 1 aliphatic rings. The molecule has 1 atom stereocenters. The number of piperidine rings is 1. The SMILES string of the molecule is CC(C)N1CCCCC1c1cccc(C(=O)O)c1. The Morgan fingerprint density at radius 1 is 1.39 bits per heavy atom. The lowest BCUT2D eigenvalue weighted by molar-refractivity contribution is 0.0696. The molecule has 1 aromatic rings. The molecule has 2 rings (SSSR count). The predicted molar refractivity (Wildman–Crippen MR) is 71.8 cm³/mol. The Balaban J connectivity index is 2.28. The van der Waals surface area contributed by atoms with Gasteiger partial charge in [0.2, 0.25) is 0 Å². The van der Waals surface area contributed by atoms with Crippen LogP contribution in [0.5, 0.6) is 0 Å². The molecule has 3 heteroatoms. The van der Waals surface area contributed by atoms with Crippen molar-refractivity contribution in [3.63, 3.8) is 0 Å². The number of rotatable bonds is 3. The largest absolute Gasteiger partial charge is 0.478 e. The fourth-order valence-corrected chi connectivity index (χ4v) is 2.81. The summed E-state index contributed by atoms with van der Waals surface area (Å²) in [6.45, 7) is 5.53. The van der Waals surface area contributed by atoms with Gasteiger partial charge in [-0.1, -0.05) is 18.6 Å². The van der Waals surface area contributed by atoms with Crippen molar-refractivity contribution >= 4 is 5.97 Å². The maximum Gasteiger partial charge on any atom is 0.335 e. The molecule has 0 saturated carbocycles. The Morgan fingerprint density at radius 3 is 2.83 bits per heavy atom. The summed E-state index contributed by atoms with van der Waals surface area (Å²) >= 11 is 0. The van der Waals surface area contributed by atoms with Gasteiger partial charge in [0.1, 0.15) is 0 Å². The van der Waals surface area contributed by atoms with E-state index in [-0.39, 0.29) is 0 Å². The van der Waals surface area contributed by atoms with Crippen LogP contribution in [0.4, 0.5) is 0 Å². The van der Waals surface area contributed by atoms with Gasteiger partial charge in [-0.25, -0.2) is 4.79 Å². The van der Waals surface area contributed by atoms with Crippen LogP contribution in [-0.4, -0.2) is 28.6 Å². The molecule has 1 fully saturated rings. The van der Waals surface area contributed by atoms with Crippen LogP contribution in [-0.2, 0) is 0 Å². The van der Waals surface area contributed by atoms with Gasteiger partial charge in [-0.15, -0.1) is 0 Å². The van der Waals surface area contributed by atoms with Crippen molar-refractivity contribution in [1.29, 1.82) is 0 Å². The molecule has 18 heavy (non-hydrogen) atoms. The van der Waals surface area contributed by atoms with Crippen LogP contribution in [0.25, 0.3) is 0 Å². The highest BCUT2D eigenvalue weighted by molar-refractivity contribution is 5.87. The van der Waals surface area contributed by atoms with Crippen molar-refractivity contribution in [2.75, 3.05) is 6.54 Å². The lowest BCUT2D eigenvalue weighted by atomic mass is 9.93. The number of benzene rings is 1. The molecular weight excluding hydrogens is 226 g/mol. The minimum Gasteiger partial charge on any atom is -0.478 e. The standard InChI is InChI=1S/C15H21NO2/c1-11(2)16-9-4-3-8-14(16)12-6-5-7-13(10-12)15(17)18/h5-7,10-11,14H,3-4,8-9H2,1-2H3,(H,17,18). The molecule has 3 nitrogen and oxygen atoms in total. The highest BCUT2D eigenvalue weighted by Gasteiger charge is 2.26. The summed E-state index contributed by atoms with van der Waals surface area (Å²) in [6, 6.07) is 8.27. The summed E-state index contributed by atoms with van der Waals surface area (Å²) in [7, 11) is 0. The van der Waals surface area contributed by atoms with Gasteiger partial charge in [-0.05, 0) is 50.9 Å². The summed E-state index contributed by atoms with van der Waals surface area (Å²) in [5.41, 5.74) is 1.53. The highest BCUT2D eigenvalue weighted by Crippen LogP contribution is 2.32. The first-order chi connectivity index (χ1) is 8.59. The van der Waals surface area contributed by atoms with Gasteiger partial charge in [0.25, 0.3) is 0 Å². The van der Waals surface area contributed by atoms with Crippen molar-refractivity contribution in [2.45, 2.75) is 45.2 Å². The molecule has 0 aromatic heterocycles. The van der Waals surface area contributed by atoms with Gasteiger partial charge in [0, 0.05) is 12.1 Å². The Labute approximate surface area is 108 Å². The number of hydrogen-bond donors (Lipinski definition) is 1. The zero-order chi connectivity index (χ0) is 13.1. The summed E-state index contributed by atoms with van der Waals surface area (Å²) in [4.78, 5) is 13.5. The van der Waals surface area contributed by atoms with Crippen LogP contribution in [0.1, 0.15) is 55.1 Å². The van der Waals surface area contributed by atoms with E-state index in [1.807, 2.05) is 12.1 Å². The third-order valence-corrected chi connectivity index (χ3v) is 3.73. The molecule has 98 valence electrons. The number of likely N-dealkylation sites (tertiary alicyclic amines) is 1. The highest BCUT2D eigenvalue weighted by atomic mass is 16.4. The van der Waals surface area contributed by atoms with Crippen molar-refractivity contribution in [3.8, 4) is 0 Å². The lowest BCUT2D eigenvalue weighted by Crippen LogP contribution is -2.38. The smallest absolute Gasteiger partial charge is 0.335 e. The average Bonchev–Trinajstić information content (AvgIpc) is 2.39. The second kappa shape index (κ2) is 5.53. The third kappa shape index (κ3) is 2.72. The molecule has 1 N–H and O–H groups in total. The Hall–Kier alpha value is -1.35. The van der Waals surface area contributed by atoms with E-state index < -0.39 is 5.97 Å². The predicted octanol–water partition coefficient (Wildman–Crippen LogP) is 3.32. The van der Waals surface area contributed by atoms with Gasteiger partial charge < -0.3 is 5.11 Å². The van der Waals surface area contributed by atoms with E-state index in [0.717, 1.165) is 18.5 Å². The second-order valence-corrected chi connectivity index (χ2v) is 5.27. The normalized spacial score (nSPS) is 21.2. The van der Waals surface area contributed by atoms with Crippen molar-refractivity contribution in [1.82, 2.24) is 4.90 Å². The molecule has 0 radical (unpaired) electrons. The molecule has 0 bridgehead atoms. The monoisotopic (exact) mass is 247 g/mol. The number of carbonyl (C=O) groups is 1. The minimum absolute atomic E-state index is 0.373. The fraction of sp³-hybridized carbons (Fsp3) is 0.533. The molecular formula is C15H21NO2. The Morgan fingerprint density at radius 2 is 2.17 bits per heavy atom. The number of carboxylic acid groups (broad SMARTS) is 1. The van der Waals surface area contributed by atoms with Crippen LogP contribution < -0.4 is 0 Å². The molecule has 1 heterocycles. The zero-order valence-electron chi connectivity index (χ0n) is 11.1. The van der Waals surface area contributed by atoms with Gasteiger partial charge in [-0.2, -0.15) is 0 Å². The van der Waals surface area contributed by atoms with E-state index >= 15 is 0 Å². The average molecular weight is 247 g/mol. The van der Waals surface area contributed by atoms with Crippen molar-refractivity contribution < 1.29 is 9.90 Å². The number of carboxylic acids is 1. The Kier molecular flexibility index (Phi) is 4.02. The molecule has 1 aliphatic heterocycles. The van der Waals surface area contributed by atoms with Gasteiger partial charge in [-0.3, -0.25) is 4.90 Å². The summed E-state index contributed by atoms with van der Waals surface area (Å²) < 4.78 is 0. The van der Waals surface area contributed by atoms with E-state index in [0.29, 0.717) is 17.6 Å². The number of hydrogen-bond acceptors (Lipinski definition) is 2.